The van der Waals surface area contributed by atoms with E-state index >= 15 is 0 Å². The van der Waals surface area contributed by atoms with Gasteiger partial charge in [-0.1, -0.05) is 44.7 Å². The minimum absolute atomic E-state index is 0.310. The maximum Gasteiger partial charge on any atom is 0.333 e. The van der Waals surface area contributed by atoms with E-state index in [0.717, 1.165) is 5.56 Å². The predicted molar refractivity (Wildman–Crippen MR) is 70.4 cm³/mol. The molecule has 1 rings (SSSR count). The lowest BCUT2D eigenvalue weighted by atomic mass is 10.0. The van der Waals surface area contributed by atoms with Gasteiger partial charge in [0.25, 0.3) is 0 Å². The third-order valence-electron chi connectivity index (χ3n) is 2.36. The molecule has 18 heavy (non-hydrogen) atoms. The second-order valence-electron chi connectivity index (χ2n) is 4.25. The fraction of sp³-hybridized carbons (Fsp3) is 0.357. The van der Waals surface area contributed by atoms with E-state index < -0.39 is 0 Å². The Balaban J connectivity index is 0.00000137. The van der Waals surface area contributed by atoms with Gasteiger partial charge in [0, 0.05) is 5.57 Å². The molecule has 0 atom stereocenters. The van der Waals surface area contributed by atoms with Crippen LogP contribution in [0.15, 0.2) is 36.4 Å². The Labute approximate surface area is 107 Å². The Morgan fingerprint density at radius 1 is 1.28 bits per heavy atom. The monoisotopic (exact) mass is 252 g/mol. The van der Waals surface area contributed by atoms with E-state index in [4.69, 9.17) is 15.3 Å². The average molecular weight is 252 g/mol. The molecule has 0 spiro atoms. The number of esters is 1. The van der Waals surface area contributed by atoms with Crippen molar-refractivity contribution < 1.29 is 20.0 Å². The number of rotatable bonds is 4. The van der Waals surface area contributed by atoms with Crippen LogP contribution in [0.1, 0.15) is 37.8 Å². The average Bonchev–Trinajstić information content (AvgIpc) is 2.38. The van der Waals surface area contributed by atoms with E-state index in [0.29, 0.717) is 18.1 Å². The summed E-state index contributed by atoms with van der Waals surface area (Å²) >= 11 is 0. The lowest BCUT2D eigenvalue weighted by Crippen LogP contribution is -2.04. The molecule has 4 nitrogen and oxygen atoms in total. The fourth-order valence-corrected chi connectivity index (χ4v) is 1.27. The van der Waals surface area contributed by atoms with E-state index in [1.54, 1.807) is 6.92 Å². The van der Waals surface area contributed by atoms with Crippen molar-refractivity contribution in [3.05, 3.63) is 47.5 Å². The van der Waals surface area contributed by atoms with Crippen LogP contribution in [0, 0.1) is 0 Å². The van der Waals surface area contributed by atoms with Crippen molar-refractivity contribution in [2.75, 3.05) is 0 Å². The third-order valence-corrected chi connectivity index (χ3v) is 2.36. The standard InChI is InChI=1S/C14H18O2.H2O2/c1-10(2)13-7-5-12(6-8-13)9-16-14(15)11(3)4;1-2/h5-8,10H,3,9H2,1-2,4H3;1-2H. The van der Waals surface area contributed by atoms with Crippen molar-refractivity contribution in [3.8, 4) is 0 Å². The predicted octanol–water partition coefficient (Wildman–Crippen LogP) is 3.45. The van der Waals surface area contributed by atoms with Gasteiger partial charge in [-0.05, 0) is 24.0 Å². The first-order chi connectivity index (χ1) is 8.50. The normalized spacial score (nSPS) is 9.44. The van der Waals surface area contributed by atoms with Gasteiger partial charge in [-0.25, -0.2) is 4.79 Å². The Morgan fingerprint density at radius 3 is 2.17 bits per heavy atom. The van der Waals surface area contributed by atoms with Crippen LogP contribution in [0.25, 0.3) is 0 Å². The third kappa shape index (κ3) is 5.61. The van der Waals surface area contributed by atoms with E-state index in [1.165, 1.54) is 5.56 Å². The molecular weight excluding hydrogens is 232 g/mol. The SMILES string of the molecule is C=C(C)C(=O)OCc1ccc(C(C)C)cc1.OO. The molecule has 0 aromatic heterocycles. The van der Waals surface area contributed by atoms with Crippen LogP contribution in [0.4, 0.5) is 0 Å². The molecule has 0 fully saturated rings. The summed E-state index contributed by atoms with van der Waals surface area (Å²) in [5, 5.41) is 12.0. The fourth-order valence-electron chi connectivity index (χ4n) is 1.27. The smallest absolute Gasteiger partial charge is 0.333 e. The number of hydrogen-bond donors (Lipinski definition) is 2. The molecule has 100 valence electrons. The molecule has 0 amide bonds. The Hall–Kier alpha value is -1.65. The van der Waals surface area contributed by atoms with E-state index in [2.05, 4.69) is 32.6 Å². The summed E-state index contributed by atoms with van der Waals surface area (Å²) in [7, 11) is 0. The number of carbonyl (C=O) groups is 1. The van der Waals surface area contributed by atoms with Gasteiger partial charge >= 0.3 is 5.97 Å². The van der Waals surface area contributed by atoms with Gasteiger partial charge in [0.15, 0.2) is 0 Å². The van der Waals surface area contributed by atoms with Crippen molar-refractivity contribution in [2.24, 2.45) is 0 Å². The molecule has 0 saturated carbocycles. The Kier molecular flexibility index (Phi) is 7.67. The number of ether oxygens (including phenoxy) is 1. The first kappa shape index (κ1) is 16.4. The molecule has 0 aliphatic carbocycles. The largest absolute Gasteiger partial charge is 0.457 e. The number of hydrogen-bond acceptors (Lipinski definition) is 4. The lowest BCUT2D eigenvalue weighted by Gasteiger charge is -2.07. The summed E-state index contributed by atoms with van der Waals surface area (Å²) in [5.74, 6) is 0.181. The molecule has 0 saturated heterocycles. The van der Waals surface area contributed by atoms with Gasteiger partial charge in [0.05, 0.1) is 0 Å². The highest BCUT2D eigenvalue weighted by molar-refractivity contribution is 5.86. The first-order valence-electron chi connectivity index (χ1n) is 5.62. The minimum Gasteiger partial charge on any atom is -0.457 e. The molecule has 2 N–H and O–H groups in total. The van der Waals surface area contributed by atoms with Crippen molar-refractivity contribution in [3.63, 3.8) is 0 Å². The maximum atomic E-state index is 11.2. The number of carbonyl (C=O) groups excluding carboxylic acids is 1. The summed E-state index contributed by atoms with van der Waals surface area (Å²) in [5.41, 5.74) is 2.72. The van der Waals surface area contributed by atoms with E-state index in [1.807, 2.05) is 12.1 Å². The highest BCUT2D eigenvalue weighted by Crippen LogP contribution is 2.15. The van der Waals surface area contributed by atoms with E-state index in [9.17, 15) is 4.79 Å². The van der Waals surface area contributed by atoms with Crippen LogP contribution in [0.3, 0.4) is 0 Å². The van der Waals surface area contributed by atoms with Gasteiger partial charge in [0.1, 0.15) is 6.61 Å². The Morgan fingerprint density at radius 2 is 1.78 bits per heavy atom. The topological polar surface area (TPSA) is 66.8 Å². The second-order valence-corrected chi connectivity index (χ2v) is 4.25. The molecule has 0 heterocycles. The highest BCUT2D eigenvalue weighted by atomic mass is 17.0. The van der Waals surface area contributed by atoms with Crippen LogP contribution < -0.4 is 0 Å². The highest BCUT2D eigenvalue weighted by Gasteiger charge is 2.04. The second kappa shape index (κ2) is 8.44. The molecule has 4 heteroatoms. The molecule has 0 aliphatic rings. The minimum atomic E-state index is -0.340. The van der Waals surface area contributed by atoms with Crippen molar-refractivity contribution in [1.29, 1.82) is 0 Å². The summed E-state index contributed by atoms with van der Waals surface area (Å²) in [6.07, 6.45) is 0. The van der Waals surface area contributed by atoms with Gasteiger partial charge in [-0.3, -0.25) is 10.5 Å². The summed E-state index contributed by atoms with van der Waals surface area (Å²) in [4.78, 5) is 11.2. The zero-order valence-electron chi connectivity index (χ0n) is 11.0. The zero-order chi connectivity index (χ0) is 14.1. The molecule has 1 aromatic carbocycles. The number of benzene rings is 1. The molecule has 0 bridgehead atoms. The lowest BCUT2D eigenvalue weighted by molar-refractivity contribution is -0.176. The van der Waals surface area contributed by atoms with Crippen LogP contribution in [0.2, 0.25) is 0 Å². The summed E-state index contributed by atoms with van der Waals surface area (Å²) in [6.45, 7) is 9.78. The molecule has 1 aromatic rings. The first-order valence-corrected chi connectivity index (χ1v) is 5.62. The van der Waals surface area contributed by atoms with Gasteiger partial charge < -0.3 is 4.74 Å². The summed E-state index contributed by atoms with van der Waals surface area (Å²) in [6, 6.07) is 8.10. The maximum absolute atomic E-state index is 11.2. The molecular formula is C14H20O4. The Bertz CT molecular complexity index is 379. The van der Waals surface area contributed by atoms with Gasteiger partial charge in [-0.2, -0.15) is 0 Å². The van der Waals surface area contributed by atoms with Crippen molar-refractivity contribution in [1.82, 2.24) is 0 Å². The quantitative estimate of drug-likeness (QED) is 0.373. The van der Waals surface area contributed by atoms with Crippen LogP contribution in [-0.2, 0) is 16.1 Å². The van der Waals surface area contributed by atoms with Crippen molar-refractivity contribution >= 4 is 5.97 Å². The molecule has 0 radical (unpaired) electrons. The molecule has 0 unspecified atom stereocenters. The van der Waals surface area contributed by atoms with Gasteiger partial charge in [-0.15, -0.1) is 0 Å². The van der Waals surface area contributed by atoms with Gasteiger partial charge in [0.2, 0.25) is 0 Å². The zero-order valence-corrected chi connectivity index (χ0v) is 11.0. The van der Waals surface area contributed by atoms with Crippen LogP contribution in [-0.4, -0.2) is 16.5 Å². The molecule has 0 aliphatic heterocycles. The van der Waals surface area contributed by atoms with Crippen LogP contribution >= 0.6 is 0 Å². The summed E-state index contributed by atoms with van der Waals surface area (Å²) < 4.78 is 5.05. The van der Waals surface area contributed by atoms with Crippen molar-refractivity contribution in [2.45, 2.75) is 33.3 Å². The van der Waals surface area contributed by atoms with E-state index in [-0.39, 0.29) is 5.97 Å². The van der Waals surface area contributed by atoms with Crippen LogP contribution in [0.5, 0.6) is 0 Å².